The van der Waals surface area contributed by atoms with E-state index in [1.807, 2.05) is 109 Å². The molecule has 4 atom stereocenters. The third-order valence-electron chi connectivity index (χ3n) is 23.0. The molecule has 20 aromatic rings. The van der Waals surface area contributed by atoms with Crippen molar-refractivity contribution in [2.24, 2.45) is 0 Å². The molecular formula is C102H64N8O4. The van der Waals surface area contributed by atoms with E-state index in [1.165, 1.54) is 55.9 Å². The number of fused-ring (bicyclic) bond motifs is 20. The minimum atomic E-state index is 0.0578. The molecule has 0 N–H and O–H groups in total. The van der Waals surface area contributed by atoms with Crippen LogP contribution in [-0.2, 0) is 0 Å². The molecule has 4 aliphatic rings. The molecule has 24 rings (SSSR count). The molecule has 12 nitrogen and oxygen atoms in total. The summed E-state index contributed by atoms with van der Waals surface area (Å²) in [5, 5.41) is 6.40. The van der Waals surface area contributed by atoms with Gasteiger partial charge in [0.2, 0.25) is 0 Å². The van der Waals surface area contributed by atoms with Gasteiger partial charge in [0, 0.05) is 100 Å². The minimum Gasteiger partial charge on any atom is -0.456 e. The fourth-order valence-electron chi connectivity index (χ4n) is 17.8. The molecule has 0 bridgehead atoms. The molecule has 0 radical (unpaired) electrons. The predicted octanol–water partition coefficient (Wildman–Crippen LogP) is 25.7. The summed E-state index contributed by atoms with van der Waals surface area (Å²) in [6.07, 6.45) is 8.89. The Balaban J connectivity index is 0.000000135. The monoisotopic (exact) mass is 1460 g/mol. The highest BCUT2D eigenvalue weighted by Gasteiger charge is 2.46. The van der Waals surface area contributed by atoms with Crippen molar-refractivity contribution >= 4 is 101 Å². The van der Waals surface area contributed by atoms with E-state index in [1.54, 1.807) is 0 Å². The molecule has 2 aliphatic carbocycles. The van der Waals surface area contributed by atoms with Crippen molar-refractivity contribution < 1.29 is 17.7 Å². The Morgan fingerprint density at radius 3 is 1.09 bits per heavy atom. The van der Waals surface area contributed by atoms with Gasteiger partial charge in [-0.15, -0.1) is 0 Å². The number of aromatic nitrogens is 6. The van der Waals surface area contributed by atoms with Crippen molar-refractivity contribution in [3.63, 3.8) is 0 Å². The van der Waals surface area contributed by atoms with Gasteiger partial charge < -0.3 is 27.5 Å². The molecule has 0 spiro atoms. The molecular weight excluding hydrogens is 1400 g/mol. The molecule has 12 heteroatoms. The first kappa shape index (κ1) is 64.8. The van der Waals surface area contributed by atoms with Crippen molar-refractivity contribution in [2.45, 2.75) is 23.9 Å². The van der Waals surface area contributed by atoms with Crippen LogP contribution in [0, 0.1) is 0 Å². The zero-order valence-corrected chi connectivity index (χ0v) is 61.2. The Morgan fingerprint density at radius 2 is 0.596 bits per heavy atom. The fourth-order valence-corrected chi connectivity index (χ4v) is 17.8. The standard InChI is InChI=1S/2C51H32N4O2/c1-3-13-31(14-4-1)33-17-11-18-35(29-33)55-41-23-9-7-20-38(41)46-42(55)27-28-44-47(46)39-21-12-22-40(48(39)57-44)51-53-49(32-15-5-2-6-16-32)52-50(54-51)34-25-26-37-36-19-8-10-24-43(36)56-45(37)30-34;1-3-12-31(13-4-1)32-22-25-35(26-23-32)55-41-20-9-7-17-38(41)46-42(55)28-29-44-47(46)39-18-11-19-40(48(39)57-44)51-53-49(33-14-5-2-6-15-33)52-50(54-51)34-24-27-37-36-16-8-10-21-43(36)56-45(37)30-34/h2*1-30,42,46H. The summed E-state index contributed by atoms with van der Waals surface area (Å²) in [5.41, 5.74) is 24.4. The number of rotatable bonds is 10. The van der Waals surface area contributed by atoms with Crippen LogP contribution in [0.15, 0.2) is 370 Å². The highest BCUT2D eigenvalue weighted by molar-refractivity contribution is 6.08. The van der Waals surface area contributed by atoms with Crippen LogP contribution in [0.1, 0.15) is 45.6 Å². The fraction of sp³-hybridized carbons (Fsp3) is 0.0392. The topological polar surface area (TPSA) is 136 Å². The maximum Gasteiger partial charge on any atom is 0.167 e. The summed E-state index contributed by atoms with van der Waals surface area (Å²) in [5.74, 6) is 5.25. The summed E-state index contributed by atoms with van der Waals surface area (Å²) >= 11 is 0. The van der Waals surface area contributed by atoms with Gasteiger partial charge in [-0.05, 0) is 130 Å². The van der Waals surface area contributed by atoms with E-state index < -0.39 is 0 Å². The van der Waals surface area contributed by atoms with Crippen LogP contribution in [0.2, 0.25) is 0 Å². The van der Waals surface area contributed by atoms with Crippen LogP contribution < -0.4 is 9.80 Å². The number of hydrogen-bond donors (Lipinski definition) is 0. The van der Waals surface area contributed by atoms with E-state index in [4.69, 9.17) is 47.6 Å². The molecule has 536 valence electrons. The van der Waals surface area contributed by atoms with Crippen molar-refractivity contribution in [3.05, 3.63) is 386 Å². The predicted molar refractivity (Wildman–Crippen MR) is 457 cm³/mol. The number of furan rings is 4. The van der Waals surface area contributed by atoms with Crippen LogP contribution in [0.25, 0.3) is 169 Å². The second kappa shape index (κ2) is 26.3. The zero-order valence-electron chi connectivity index (χ0n) is 61.2. The van der Waals surface area contributed by atoms with Crippen LogP contribution in [-0.4, -0.2) is 42.0 Å². The summed E-state index contributed by atoms with van der Waals surface area (Å²) in [6.45, 7) is 0. The summed E-state index contributed by atoms with van der Waals surface area (Å²) < 4.78 is 26.3. The molecule has 8 heterocycles. The lowest BCUT2D eigenvalue weighted by molar-refractivity contribution is 0.584. The van der Waals surface area contributed by atoms with E-state index >= 15 is 0 Å². The van der Waals surface area contributed by atoms with Gasteiger partial charge in [-0.3, -0.25) is 0 Å². The van der Waals surface area contributed by atoms with Gasteiger partial charge in [0.1, 0.15) is 45.0 Å². The van der Waals surface area contributed by atoms with Crippen LogP contribution in [0.3, 0.4) is 0 Å². The molecule has 0 amide bonds. The van der Waals surface area contributed by atoms with E-state index in [-0.39, 0.29) is 23.9 Å². The number of nitrogens with zero attached hydrogens (tertiary/aromatic N) is 8. The number of hydrogen-bond acceptors (Lipinski definition) is 12. The summed E-state index contributed by atoms with van der Waals surface area (Å²) in [6, 6.07) is 118. The van der Waals surface area contributed by atoms with Gasteiger partial charge in [-0.2, -0.15) is 0 Å². The largest absolute Gasteiger partial charge is 0.456 e. The van der Waals surface area contributed by atoms with Crippen molar-refractivity contribution in [1.82, 2.24) is 29.9 Å². The maximum atomic E-state index is 6.88. The van der Waals surface area contributed by atoms with Crippen molar-refractivity contribution in [1.29, 1.82) is 0 Å². The Kier molecular flexibility index (Phi) is 14.9. The van der Waals surface area contributed by atoms with Gasteiger partial charge in [0.15, 0.2) is 34.9 Å². The van der Waals surface area contributed by atoms with Crippen LogP contribution in [0.4, 0.5) is 22.7 Å². The third-order valence-corrected chi connectivity index (χ3v) is 23.0. The Hall–Kier alpha value is -15.1. The second-order valence-electron chi connectivity index (χ2n) is 29.4. The average Bonchev–Trinajstić information content (AvgIpc) is 1.56. The molecule has 114 heavy (non-hydrogen) atoms. The SMILES string of the molecule is C1=CC2C(c3ccccc3N2c2ccc(-c3ccccc3)cc2)c2c1oc1c(-c3nc(-c4ccccc4)nc(-c4ccc5c(c4)oc4ccccc45)n3)cccc21.C1=CC2C(c3ccccc3N2c2cccc(-c3ccccc3)c2)c2c1oc1c(-c3nc(-c4ccccc4)nc(-c4ccc5c(c4)oc4ccccc45)n3)cccc21. The maximum absolute atomic E-state index is 6.88. The highest BCUT2D eigenvalue weighted by atomic mass is 16.3. The lowest BCUT2D eigenvalue weighted by atomic mass is 9.82. The van der Waals surface area contributed by atoms with E-state index in [0.29, 0.717) is 34.9 Å². The van der Waals surface area contributed by atoms with Crippen LogP contribution >= 0.6 is 0 Å². The third kappa shape index (κ3) is 10.7. The molecule has 0 saturated heterocycles. The molecule has 2 aliphatic heterocycles. The first-order chi connectivity index (χ1) is 56.5. The van der Waals surface area contributed by atoms with Gasteiger partial charge in [-0.25, -0.2) is 29.9 Å². The van der Waals surface area contributed by atoms with Gasteiger partial charge >= 0.3 is 0 Å². The minimum absolute atomic E-state index is 0.0578. The average molecular weight is 1470 g/mol. The molecule has 4 unspecified atom stereocenters. The van der Waals surface area contributed by atoms with Gasteiger partial charge in [0.25, 0.3) is 0 Å². The van der Waals surface area contributed by atoms with E-state index in [0.717, 1.165) is 122 Å². The molecule has 0 saturated carbocycles. The van der Waals surface area contributed by atoms with E-state index in [2.05, 4.69) is 265 Å². The number of para-hydroxylation sites is 6. The first-order valence-corrected chi connectivity index (χ1v) is 38.5. The summed E-state index contributed by atoms with van der Waals surface area (Å²) in [4.78, 5) is 35.5. The Morgan fingerprint density at radius 1 is 0.237 bits per heavy atom. The summed E-state index contributed by atoms with van der Waals surface area (Å²) in [7, 11) is 0. The quantitative estimate of drug-likeness (QED) is 0.129. The molecule has 14 aromatic carbocycles. The van der Waals surface area contributed by atoms with Crippen molar-refractivity contribution in [3.8, 4) is 90.6 Å². The lowest BCUT2D eigenvalue weighted by Gasteiger charge is -2.30. The van der Waals surface area contributed by atoms with Crippen molar-refractivity contribution in [2.75, 3.05) is 9.80 Å². The Labute approximate surface area is 654 Å². The van der Waals surface area contributed by atoms with E-state index in [9.17, 15) is 0 Å². The highest BCUT2D eigenvalue weighted by Crippen LogP contribution is 2.57. The van der Waals surface area contributed by atoms with Crippen LogP contribution in [0.5, 0.6) is 0 Å². The lowest BCUT2D eigenvalue weighted by Crippen LogP contribution is -2.30. The van der Waals surface area contributed by atoms with Gasteiger partial charge in [0.05, 0.1) is 23.2 Å². The number of benzene rings is 14. The first-order valence-electron chi connectivity index (χ1n) is 38.5. The van der Waals surface area contributed by atoms with Gasteiger partial charge in [-0.1, -0.05) is 267 Å². The molecule has 6 aromatic heterocycles. The normalized spacial score (nSPS) is 15.6. The molecule has 0 fully saturated rings. The smallest absolute Gasteiger partial charge is 0.167 e. The number of anilines is 4. The second-order valence-corrected chi connectivity index (χ2v) is 29.4. The zero-order chi connectivity index (χ0) is 74.9. The Bertz CT molecular complexity index is 7290.